The van der Waals surface area contributed by atoms with Gasteiger partial charge in [-0.3, -0.25) is 0 Å². The molecule has 0 N–H and O–H groups in total. The zero-order valence-corrected chi connectivity index (χ0v) is 61.9. The Balaban J connectivity index is 0.000000155. The lowest BCUT2D eigenvalue weighted by Gasteiger charge is -2.45. The zero-order valence-electron chi connectivity index (χ0n) is 60.9. The maximum atomic E-state index is 6.43. The van der Waals surface area contributed by atoms with E-state index in [-0.39, 0.29) is 0 Å². The fourth-order valence-electron chi connectivity index (χ4n) is 16.9. The van der Waals surface area contributed by atoms with Crippen molar-refractivity contribution in [3.63, 3.8) is 0 Å². The summed E-state index contributed by atoms with van der Waals surface area (Å²) in [5.41, 5.74) is 25.7. The summed E-state index contributed by atoms with van der Waals surface area (Å²) in [7, 11) is -2.87. The highest BCUT2D eigenvalue weighted by molar-refractivity contribution is 7.21. The van der Waals surface area contributed by atoms with E-state index in [9.17, 15) is 0 Å². The SMILES string of the molecule is c1ccc(-c2cc3nc(n2)-c2cccc(c2)-c2cccc(c2)-c2cccc(c2)N2c4ccccc4[Si](c4ccccc4)(c4ccccc4)c4ccc(cc42)-c2cccc(c2)-c2cccc-3c2)cc1.c1ccc(-c2cc3nc(n2)c2cccc(c2)c2cccc(c2)n2c4ccccc4oc4ccc(cc4-2)c2cccc3c2)cc1. The molecule has 0 radical (unpaired) electrons. The molecule has 7 nitrogen and oxygen atoms in total. The van der Waals surface area contributed by atoms with E-state index in [1.165, 1.54) is 32.1 Å². The molecule has 16 aromatic carbocycles. The molecule has 0 spiro atoms. The summed E-state index contributed by atoms with van der Waals surface area (Å²) in [5, 5.41) is 11.9. The fourth-order valence-corrected chi connectivity index (χ4v) is 22.0. The molecule has 4 aliphatic rings. The molecule has 2 aromatic heterocycles. The second-order valence-corrected chi connectivity index (χ2v) is 32.6. The molecule has 0 atom stereocenters. The highest BCUT2D eigenvalue weighted by Gasteiger charge is 2.49. The lowest BCUT2D eigenvalue weighted by Crippen LogP contribution is -2.77. The molecule has 24 bridgehead atoms. The van der Waals surface area contributed by atoms with Gasteiger partial charge in [0.25, 0.3) is 0 Å². The van der Waals surface area contributed by atoms with E-state index < -0.39 is 8.07 Å². The molecule has 8 heteroatoms. The van der Waals surface area contributed by atoms with Crippen LogP contribution in [0.2, 0.25) is 0 Å². The summed E-state index contributed by atoms with van der Waals surface area (Å²) >= 11 is 0. The number of anilines is 3. The Labute approximate surface area is 649 Å². The molecule has 0 unspecified atom stereocenters. The van der Waals surface area contributed by atoms with Gasteiger partial charge < -0.3 is 13.9 Å². The molecule has 0 aliphatic carbocycles. The van der Waals surface area contributed by atoms with Crippen LogP contribution >= 0.6 is 0 Å². The van der Waals surface area contributed by atoms with Crippen LogP contribution in [-0.4, -0.2) is 32.6 Å². The highest BCUT2D eigenvalue weighted by Crippen LogP contribution is 2.44. The molecule has 0 fully saturated rings. The Morgan fingerprint density at radius 3 is 1.38 bits per heavy atom. The van der Waals surface area contributed by atoms with Gasteiger partial charge in [0.05, 0.1) is 33.8 Å². The highest BCUT2D eigenvalue weighted by atomic mass is 28.3. The first-order valence-corrected chi connectivity index (χ1v) is 40.0. The molecule has 0 saturated heterocycles. The lowest BCUT2D eigenvalue weighted by molar-refractivity contribution is 0.647. The van der Waals surface area contributed by atoms with Gasteiger partial charge in [-0.2, -0.15) is 0 Å². The summed E-state index contributed by atoms with van der Waals surface area (Å²) in [5.74, 6) is 0.689. The number of fused-ring (bicyclic) bond motifs is 38. The van der Waals surface area contributed by atoms with Crippen molar-refractivity contribution in [1.82, 2.24) is 24.5 Å². The monoisotopic (exact) mass is 1440 g/mol. The zero-order chi connectivity index (χ0) is 74.1. The minimum Gasteiger partial charge on any atom is -0.453 e. The Morgan fingerprint density at radius 2 is 0.705 bits per heavy atom. The van der Waals surface area contributed by atoms with Crippen LogP contribution in [0, 0.1) is 0 Å². The van der Waals surface area contributed by atoms with Gasteiger partial charge in [-0.25, -0.2) is 19.9 Å². The van der Waals surface area contributed by atoms with Crippen molar-refractivity contribution in [3.05, 3.63) is 413 Å². The summed E-state index contributed by atoms with van der Waals surface area (Å²) < 4.78 is 8.73. The predicted octanol–water partition coefficient (Wildman–Crippen LogP) is 24.2. The van der Waals surface area contributed by atoms with Gasteiger partial charge in [0.1, 0.15) is 0 Å². The van der Waals surface area contributed by atoms with E-state index in [1.807, 2.05) is 36.4 Å². The van der Waals surface area contributed by atoms with Crippen LogP contribution in [-0.2, 0) is 0 Å². The van der Waals surface area contributed by atoms with Crippen LogP contribution in [0.25, 0.3) is 161 Å². The largest absolute Gasteiger partial charge is 0.453 e. The smallest absolute Gasteiger partial charge is 0.184 e. The van der Waals surface area contributed by atoms with E-state index >= 15 is 0 Å². The number of rotatable bonds is 4. The minimum absolute atomic E-state index is 0.689. The Morgan fingerprint density at radius 1 is 0.241 bits per heavy atom. The van der Waals surface area contributed by atoms with Crippen molar-refractivity contribution in [2.45, 2.75) is 0 Å². The Hall–Kier alpha value is -14.7. The average Bonchev–Trinajstić information content (AvgIpc) is 0.692. The third-order valence-corrected chi connectivity index (χ3v) is 27.1. The van der Waals surface area contributed by atoms with Gasteiger partial charge in [-0.15, -0.1) is 0 Å². The molecular weight excluding hydrogens is 1380 g/mol. The Bertz CT molecular complexity index is 7120. The summed E-state index contributed by atoms with van der Waals surface area (Å²) in [4.78, 5) is 23.3. The standard InChI is InChI=1S/C64H43N3Si.C40H25N3O/c1-4-17-44(18-5-1)58-43-59-53-26-14-23-49(39-53)45-19-13-22-48(38-45)52-35-36-63-61(42-52)67(60-33-10-11-34-62(60)68(63,56-29-6-2-7-30-56)57-31-8-3-9-32-57)55-28-16-25-51(41-55)47-21-12-20-46(37-47)50-24-15-27-54(40-50)64(65-58)66-59;1-2-9-26(10-3-1)34-25-35-31-14-6-11-27(21-31)30-19-20-39-37(24-30)43(36-17-4-5-18-38(36)44-39)33-16-8-13-29(23-33)28-12-7-15-32(22-28)40(41-34)42-35/h1-43H;1-25H. The van der Waals surface area contributed by atoms with Crippen molar-refractivity contribution in [3.8, 4) is 95.4 Å². The van der Waals surface area contributed by atoms with Gasteiger partial charge in [0, 0.05) is 55.6 Å². The van der Waals surface area contributed by atoms with E-state index in [0.29, 0.717) is 11.5 Å². The predicted molar refractivity (Wildman–Crippen MR) is 467 cm³/mol. The number of para-hydroxylation sites is 3. The van der Waals surface area contributed by atoms with Crippen LogP contribution in [0.3, 0.4) is 0 Å². The number of benzene rings is 16. The van der Waals surface area contributed by atoms with Gasteiger partial charge in [0.2, 0.25) is 0 Å². The van der Waals surface area contributed by atoms with Crippen LogP contribution in [0.4, 0.5) is 17.1 Å². The number of hydrogen-bond acceptors (Lipinski definition) is 6. The van der Waals surface area contributed by atoms with Crippen LogP contribution in [0.1, 0.15) is 0 Å². The topological polar surface area (TPSA) is 72.9 Å². The first-order chi connectivity index (χ1) is 55.4. The normalized spacial score (nSPS) is 12.3. The fraction of sp³-hybridized carbons (Fsp3) is 0. The lowest BCUT2D eigenvalue weighted by atomic mass is 9.96. The molecule has 524 valence electrons. The van der Waals surface area contributed by atoms with Gasteiger partial charge in [-0.05, 0) is 196 Å². The van der Waals surface area contributed by atoms with Crippen molar-refractivity contribution in [2.75, 3.05) is 4.90 Å². The number of aromatic nitrogens is 5. The van der Waals surface area contributed by atoms with E-state index in [1.54, 1.807) is 0 Å². The average molecular weight is 1450 g/mol. The van der Waals surface area contributed by atoms with Crippen LogP contribution < -0.4 is 25.6 Å². The molecule has 112 heavy (non-hydrogen) atoms. The van der Waals surface area contributed by atoms with E-state index in [2.05, 4.69) is 386 Å². The maximum Gasteiger partial charge on any atom is 0.184 e. The molecule has 18 aromatic rings. The Kier molecular flexibility index (Phi) is 16.1. The third kappa shape index (κ3) is 11.7. The van der Waals surface area contributed by atoms with E-state index in [4.69, 9.17) is 24.4 Å². The molecular formula is C104H68N6OSi. The summed E-state index contributed by atoms with van der Waals surface area (Å²) in [6.07, 6.45) is 0. The molecule has 4 aliphatic heterocycles. The van der Waals surface area contributed by atoms with Crippen molar-refractivity contribution in [2.24, 2.45) is 0 Å². The van der Waals surface area contributed by atoms with Gasteiger partial charge in [-0.1, -0.05) is 303 Å². The molecule has 6 heterocycles. The van der Waals surface area contributed by atoms with Crippen LogP contribution in [0.15, 0.2) is 417 Å². The first-order valence-electron chi connectivity index (χ1n) is 38.0. The molecule has 0 amide bonds. The number of hydrogen-bond donors (Lipinski definition) is 0. The third-order valence-electron chi connectivity index (χ3n) is 22.2. The summed E-state index contributed by atoms with van der Waals surface area (Å²) in [6, 6.07) is 149. The molecule has 22 rings (SSSR count). The maximum absolute atomic E-state index is 6.43. The second kappa shape index (κ2) is 27.5. The molecule has 0 saturated carbocycles. The van der Waals surface area contributed by atoms with Crippen molar-refractivity contribution < 1.29 is 4.42 Å². The van der Waals surface area contributed by atoms with Gasteiger partial charge >= 0.3 is 0 Å². The van der Waals surface area contributed by atoms with Crippen LogP contribution in [0.5, 0.6) is 0 Å². The summed E-state index contributed by atoms with van der Waals surface area (Å²) in [6.45, 7) is 0. The van der Waals surface area contributed by atoms with Gasteiger partial charge in [0.15, 0.2) is 30.7 Å². The number of nitrogens with zero attached hydrogens (tertiary/aromatic N) is 6. The first kappa shape index (κ1) is 65.6. The minimum atomic E-state index is -2.87. The second-order valence-electron chi connectivity index (χ2n) is 28.9. The quantitative estimate of drug-likeness (QED) is 0.129. The van der Waals surface area contributed by atoms with Crippen molar-refractivity contribution in [1.29, 1.82) is 0 Å². The van der Waals surface area contributed by atoms with Crippen molar-refractivity contribution >= 4 is 112 Å². The van der Waals surface area contributed by atoms with E-state index in [0.717, 1.165) is 155 Å².